The molecule has 0 bridgehead atoms. The van der Waals surface area contributed by atoms with Crippen LogP contribution in [0.1, 0.15) is 4.88 Å². The summed E-state index contributed by atoms with van der Waals surface area (Å²) >= 11 is 4.86. The van der Waals surface area contributed by atoms with Crippen molar-refractivity contribution < 1.29 is 9.13 Å². The maximum atomic E-state index is 13.3. The molecule has 0 amide bonds. The maximum absolute atomic E-state index is 13.3. The van der Waals surface area contributed by atoms with Crippen molar-refractivity contribution in [1.29, 1.82) is 0 Å². The molecule has 0 radical (unpaired) electrons. The lowest BCUT2D eigenvalue weighted by Crippen LogP contribution is -1.95. The molecule has 2 rings (SSSR count). The zero-order valence-electron chi connectivity index (χ0n) is 7.74. The molecule has 0 aliphatic carbocycles. The Morgan fingerprint density at radius 1 is 1.33 bits per heavy atom. The molecule has 0 N–H and O–H groups in total. The summed E-state index contributed by atoms with van der Waals surface area (Å²) in [6.45, 7) is 0.408. The Labute approximate surface area is 99.6 Å². The topological polar surface area (TPSA) is 9.23 Å². The fraction of sp³-hybridized carbons (Fsp3) is 0.0909. The molecule has 1 aromatic carbocycles. The van der Waals surface area contributed by atoms with Gasteiger partial charge in [-0.25, -0.2) is 4.39 Å². The van der Waals surface area contributed by atoms with Gasteiger partial charge in [0.15, 0.2) is 11.6 Å². The van der Waals surface area contributed by atoms with Gasteiger partial charge in [-0.2, -0.15) is 0 Å². The van der Waals surface area contributed by atoms with E-state index in [9.17, 15) is 4.39 Å². The van der Waals surface area contributed by atoms with Crippen molar-refractivity contribution in [3.63, 3.8) is 0 Å². The number of ether oxygens (including phenoxy) is 1. The fourth-order valence-corrected chi connectivity index (χ4v) is 2.09. The highest BCUT2D eigenvalue weighted by atomic mass is 79.9. The van der Waals surface area contributed by atoms with E-state index >= 15 is 0 Å². The van der Waals surface area contributed by atoms with E-state index in [-0.39, 0.29) is 11.6 Å². The highest BCUT2D eigenvalue weighted by Gasteiger charge is 2.04. The van der Waals surface area contributed by atoms with Gasteiger partial charge in [0.05, 0.1) is 0 Å². The van der Waals surface area contributed by atoms with Crippen molar-refractivity contribution in [2.75, 3.05) is 0 Å². The molecule has 2 aromatic rings. The first kappa shape index (κ1) is 10.6. The van der Waals surface area contributed by atoms with Gasteiger partial charge in [-0.05, 0) is 29.6 Å². The molecule has 0 atom stereocenters. The van der Waals surface area contributed by atoms with Crippen molar-refractivity contribution >= 4 is 27.3 Å². The van der Waals surface area contributed by atoms with E-state index in [4.69, 9.17) is 4.74 Å². The number of rotatable bonds is 3. The molecule has 0 aliphatic heterocycles. The second-order valence-electron chi connectivity index (χ2n) is 2.94. The van der Waals surface area contributed by atoms with Gasteiger partial charge >= 0.3 is 0 Å². The number of hydrogen-bond donors (Lipinski definition) is 0. The summed E-state index contributed by atoms with van der Waals surface area (Å²) < 4.78 is 19.4. The summed E-state index contributed by atoms with van der Waals surface area (Å²) in [5.74, 6) is -0.0625. The molecule has 0 aliphatic rings. The van der Waals surface area contributed by atoms with Crippen LogP contribution in [-0.4, -0.2) is 0 Å². The summed E-state index contributed by atoms with van der Waals surface area (Å²) in [6.07, 6.45) is 0. The van der Waals surface area contributed by atoms with Crippen molar-refractivity contribution in [2.24, 2.45) is 0 Å². The number of halogens is 2. The lowest BCUT2D eigenvalue weighted by Gasteiger charge is -2.05. The van der Waals surface area contributed by atoms with Crippen molar-refractivity contribution in [1.82, 2.24) is 0 Å². The van der Waals surface area contributed by atoms with E-state index in [2.05, 4.69) is 15.9 Å². The van der Waals surface area contributed by atoms with E-state index in [0.29, 0.717) is 6.61 Å². The van der Waals surface area contributed by atoms with E-state index in [0.717, 1.165) is 9.35 Å². The first-order valence-corrected chi connectivity index (χ1v) is 6.03. The van der Waals surface area contributed by atoms with Crippen LogP contribution in [0.25, 0.3) is 0 Å². The first-order chi connectivity index (χ1) is 7.25. The van der Waals surface area contributed by atoms with Crippen LogP contribution >= 0.6 is 27.3 Å². The number of benzene rings is 1. The first-order valence-electron chi connectivity index (χ1n) is 4.36. The van der Waals surface area contributed by atoms with E-state index in [1.54, 1.807) is 23.5 Å². The molecule has 1 heterocycles. The summed E-state index contributed by atoms with van der Waals surface area (Å²) in [5, 5.41) is 1.97. The van der Waals surface area contributed by atoms with Crippen molar-refractivity contribution in [2.45, 2.75) is 6.61 Å². The molecule has 0 spiro atoms. The van der Waals surface area contributed by atoms with Gasteiger partial charge in [0, 0.05) is 9.35 Å². The van der Waals surface area contributed by atoms with Crippen LogP contribution < -0.4 is 4.74 Å². The van der Waals surface area contributed by atoms with Crippen molar-refractivity contribution in [3.8, 4) is 5.75 Å². The standard InChI is InChI=1S/C11H8BrFOS/c12-8-3-4-10(13)11(6-8)14-7-9-2-1-5-15-9/h1-6H,7H2. The van der Waals surface area contributed by atoms with E-state index in [1.165, 1.54) is 6.07 Å². The quantitative estimate of drug-likeness (QED) is 0.821. The molecule has 0 saturated carbocycles. The van der Waals surface area contributed by atoms with Crippen LogP contribution in [0.15, 0.2) is 40.2 Å². The third-order valence-electron chi connectivity index (χ3n) is 1.84. The highest BCUT2D eigenvalue weighted by Crippen LogP contribution is 2.23. The average molecular weight is 287 g/mol. The second kappa shape index (κ2) is 4.77. The molecule has 0 unspecified atom stereocenters. The Morgan fingerprint density at radius 2 is 2.20 bits per heavy atom. The zero-order valence-corrected chi connectivity index (χ0v) is 10.1. The Hall–Kier alpha value is -0.870. The van der Waals surface area contributed by atoms with Gasteiger partial charge < -0.3 is 4.74 Å². The third-order valence-corrected chi connectivity index (χ3v) is 3.19. The smallest absolute Gasteiger partial charge is 0.165 e. The fourth-order valence-electron chi connectivity index (χ4n) is 1.13. The predicted molar refractivity (Wildman–Crippen MR) is 62.8 cm³/mol. The zero-order chi connectivity index (χ0) is 10.7. The SMILES string of the molecule is Fc1ccc(Br)cc1OCc1cccs1. The summed E-state index contributed by atoms with van der Waals surface area (Å²) in [4.78, 5) is 1.08. The normalized spacial score (nSPS) is 10.3. The molecule has 78 valence electrons. The Kier molecular flexibility index (Phi) is 3.38. The van der Waals surface area contributed by atoms with Crippen LogP contribution in [-0.2, 0) is 6.61 Å². The van der Waals surface area contributed by atoms with E-state index in [1.807, 2.05) is 17.5 Å². The Morgan fingerprint density at radius 3 is 2.93 bits per heavy atom. The summed E-state index contributed by atoms with van der Waals surface area (Å²) in [5.41, 5.74) is 0. The van der Waals surface area contributed by atoms with Gasteiger partial charge in [0.2, 0.25) is 0 Å². The molecule has 15 heavy (non-hydrogen) atoms. The van der Waals surface area contributed by atoms with Crippen molar-refractivity contribution in [3.05, 3.63) is 50.9 Å². The van der Waals surface area contributed by atoms with Gasteiger partial charge in [-0.3, -0.25) is 0 Å². The second-order valence-corrected chi connectivity index (χ2v) is 4.89. The minimum atomic E-state index is -0.338. The lowest BCUT2D eigenvalue weighted by atomic mass is 10.3. The maximum Gasteiger partial charge on any atom is 0.165 e. The van der Waals surface area contributed by atoms with Gasteiger partial charge in [-0.15, -0.1) is 11.3 Å². The van der Waals surface area contributed by atoms with Gasteiger partial charge in [-0.1, -0.05) is 22.0 Å². The minimum Gasteiger partial charge on any atom is -0.485 e. The molecule has 1 aromatic heterocycles. The van der Waals surface area contributed by atoms with Crippen LogP contribution in [0, 0.1) is 5.82 Å². The van der Waals surface area contributed by atoms with Crippen LogP contribution in [0.5, 0.6) is 5.75 Å². The molecule has 0 fully saturated rings. The van der Waals surface area contributed by atoms with Gasteiger partial charge in [0.1, 0.15) is 6.61 Å². The Balaban J connectivity index is 2.07. The van der Waals surface area contributed by atoms with Crippen LogP contribution in [0.2, 0.25) is 0 Å². The largest absolute Gasteiger partial charge is 0.485 e. The van der Waals surface area contributed by atoms with Crippen LogP contribution in [0.3, 0.4) is 0 Å². The molecule has 0 saturated heterocycles. The summed E-state index contributed by atoms with van der Waals surface area (Å²) in [7, 11) is 0. The summed E-state index contributed by atoms with van der Waals surface area (Å²) in [6, 6.07) is 8.56. The monoisotopic (exact) mass is 286 g/mol. The molecule has 4 heteroatoms. The average Bonchev–Trinajstić information content (AvgIpc) is 2.72. The van der Waals surface area contributed by atoms with Crippen LogP contribution in [0.4, 0.5) is 4.39 Å². The Bertz CT molecular complexity index is 442. The molecule has 1 nitrogen and oxygen atoms in total. The number of thiophene rings is 1. The third kappa shape index (κ3) is 2.79. The molecular formula is C11H8BrFOS. The highest BCUT2D eigenvalue weighted by molar-refractivity contribution is 9.10. The predicted octanol–water partition coefficient (Wildman–Crippen LogP) is 4.23. The molecular weight excluding hydrogens is 279 g/mol. The number of hydrogen-bond acceptors (Lipinski definition) is 2. The minimum absolute atomic E-state index is 0.276. The van der Waals surface area contributed by atoms with Gasteiger partial charge in [0.25, 0.3) is 0 Å². The van der Waals surface area contributed by atoms with E-state index < -0.39 is 0 Å². The lowest BCUT2D eigenvalue weighted by molar-refractivity contribution is 0.293.